The van der Waals surface area contributed by atoms with Gasteiger partial charge in [0.05, 0.1) is 23.3 Å². The third-order valence-electron chi connectivity index (χ3n) is 5.58. The van der Waals surface area contributed by atoms with Gasteiger partial charge in [-0.3, -0.25) is 0 Å². The van der Waals surface area contributed by atoms with E-state index < -0.39 is 41.6 Å². The fourth-order valence-corrected chi connectivity index (χ4v) is 3.59. The Balaban J connectivity index is 1.77. The zero-order valence-electron chi connectivity index (χ0n) is 19.7. The molecule has 0 atom stereocenters. The van der Waals surface area contributed by atoms with Gasteiger partial charge in [0, 0.05) is 0 Å². The van der Waals surface area contributed by atoms with Gasteiger partial charge in [0.2, 0.25) is 0 Å². The van der Waals surface area contributed by atoms with E-state index in [0.717, 1.165) is 25.3 Å². The van der Waals surface area contributed by atoms with E-state index >= 15 is 0 Å². The van der Waals surface area contributed by atoms with Gasteiger partial charge in [-0.15, -0.1) is 0 Å². The minimum Gasteiger partial charge on any atom is -0.462 e. The molecule has 0 fully saturated rings. The van der Waals surface area contributed by atoms with Crippen molar-refractivity contribution in [2.75, 3.05) is 6.61 Å². The van der Waals surface area contributed by atoms with Crippen molar-refractivity contribution in [3.63, 3.8) is 0 Å². The smallest absolute Gasteiger partial charge is 0.339 e. The Labute approximate surface area is 199 Å². The van der Waals surface area contributed by atoms with E-state index in [4.69, 9.17) is 9.47 Å². The summed E-state index contributed by atoms with van der Waals surface area (Å²) in [6.07, 6.45) is 11.6. The molecule has 0 aliphatic carbocycles. The van der Waals surface area contributed by atoms with Crippen LogP contribution < -0.4 is 0 Å². The van der Waals surface area contributed by atoms with E-state index in [2.05, 4.69) is 6.92 Å². The lowest BCUT2D eigenvalue weighted by Crippen LogP contribution is -2.15. The van der Waals surface area contributed by atoms with Crippen molar-refractivity contribution >= 4 is 11.9 Å². The zero-order chi connectivity index (χ0) is 24.8. The topological polar surface area (TPSA) is 52.6 Å². The standard InChI is InChI=1S/C27H33F3O4/c1-2-3-4-5-6-7-8-9-10-13-18-33-26(31)20-14-11-12-15-21(20)27(32)34-19-22-23(28)16-17-24(29)25(22)30/h11-12,14-17H,2-10,13,18-19H2,1H3. The minimum absolute atomic E-state index is 0.000217. The molecule has 0 aromatic heterocycles. The summed E-state index contributed by atoms with van der Waals surface area (Å²) in [4.78, 5) is 24.9. The lowest BCUT2D eigenvalue weighted by molar-refractivity contribution is 0.0430. The number of ether oxygens (including phenoxy) is 2. The molecule has 0 saturated carbocycles. The molecule has 0 bridgehead atoms. The van der Waals surface area contributed by atoms with Crippen LogP contribution in [0.25, 0.3) is 0 Å². The van der Waals surface area contributed by atoms with Crippen LogP contribution in [-0.2, 0) is 16.1 Å². The van der Waals surface area contributed by atoms with Crippen molar-refractivity contribution in [1.29, 1.82) is 0 Å². The normalized spacial score (nSPS) is 10.8. The molecule has 2 aromatic rings. The Morgan fingerprint density at radius 3 is 1.76 bits per heavy atom. The Kier molecular flexibility index (Phi) is 12.2. The van der Waals surface area contributed by atoms with E-state index in [1.165, 1.54) is 63.1 Å². The number of carbonyl (C=O) groups is 2. The van der Waals surface area contributed by atoms with Crippen molar-refractivity contribution in [2.45, 2.75) is 77.7 Å². The number of rotatable bonds is 15. The van der Waals surface area contributed by atoms with Gasteiger partial charge in [-0.1, -0.05) is 76.8 Å². The maximum absolute atomic E-state index is 13.8. The first-order valence-electron chi connectivity index (χ1n) is 12.0. The van der Waals surface area contributed by atoms with E-state index in [-0.39, 0.29) is 17.7 Å². The summed E-state index contributed by atoms with van der Waals surface area (Å²) >= 11 is 0. The second-order valence-corrected chi connectivity index (χ2v) is 8.26. The van der Waals surface area contributed by atoms with Gasteiger partial charge in [-0.05, 0) is 30.7 Å². The molecule has 4 nitrogen and oxygen atoms in total. The number of carbonyl (C=O) groups excluding carboxylic acids is 2. The molecular formula is C27H33F3O4. The summed E-state index contributed by atoms with van der Waals surface area (Å²) < 4.78 is 51.1. The molecule has 0 aliphatic rings. The van der Waals surface area contributed by atoms with E-state index in [9.17, 15) is 22.8 Å². The number of benzene rings is 2. The number of halogens is 3. The highest BCUT2D eigenvalue weighted by Gasteiger charge is 2.21. The van der Waals surface area contributed by atoms with Crippen LogP contribution in [0, 0.1) is 17.5 Å². The molecule has 0 saturated heterocycles. The lowest BCUT2D eigenvalue weighted by atomic mass is 10.1. The van der Waals surface area contributed by atoms with Crippen LogP contribution in [0.1, 0.15) is 97.4 Å². The molecule has 0 amide bonds. The van der Waals surface area contributed by atoms with E-state index in [1.807, 2.05) is 0 Å². The third-order valence-corrected chi connectivity index (χ3v) is 5.58. The molecule has 186 valence electrons. The fraction of sp³-hybridized carbons (Fsp3) is 0.481. The average Bonchev–Trinajstić information content (AvgIpc) is 2.84. The van der Waals surface area contributed by atoms with Gasteiger partial charge in [0.15, 0.2) is 11.6 Å². The van der Waals surface area contributed by atoms with Crippen LogP contribution in [0.2, 0.25) is 0 Å². The van der Waals surface area contributed by atoms with Crippen LogP contribution in [0.15, 0.2) is 36.4 Å². The van der Waals surface area contributed by atoms with Crippen LogP contribution >= 0.6 is 0 Å². The predicted octanol–water partition coefficient (Wildman–Crippen LogP) is 7.54. The summed E-state index contributed by atoms with van der Waals surface area (Å²) in [5, 5.41) is 0. The van der Waals surface area contributed by atoms with Crippen LogP contribution in [-0.4, -0.2) is 18.5 Å². The van der Waals surface area contributed by atoms with Crippen LogP contribution in [0.3, 0.4) is 0 Å². The number of hydrogen-bond acceptors (Lipinski definition) is 4. The first-order chi connectivity index (χ1) is 16.5. The molecule has 0 unspecified atom stereocenters. The fourth-order valence-electron chi connectivity index (χ4n) is 3.59. The van der Waals surface area contributed by atoms with Crippen molar-refractivity contribution in [2.24, 2.45) is 0 Å². The average molecular weight is 479 g/mol. The lowest BCUT2D eigenvalue weighted by Gasteiger charge is -2.11. The van der Waals surface area contributed by atoms with E-state index in [1.54, 1.807) is 6.07 Å². The molecular weight excluding hydrogens is 445 g/mol. The summed E-state index contributed by atoms with van der Waals surface area (Å²) in [6, 6.07) is 7.27. The van der Waals surface area contributed by atoms with Gasteiger partial charge < -0.3 is 9.47 Å². The highest BCUT2D eigenvalue weighted by molar-refractivity contribution is 6.03. The molecule has 0 radical (unpaired) electrons. The van der Waals surface area contributed by atoms with Crippen LogP contribution in [0.5, 0.6) is 0 Å². The Morgan fingerprint density at radius 1 is 0.676 bits per heavy atom. The summed E-state index contributed by atoms with van der Waals surface area (Å²) in [6.45, 7) is 1.63. The molecule has 0 heterocycles. The Morgan fingerprint density at radius 2 is 1.18 bits per heavy atom. The maximum Gasteiger partial charge on any atom is 0.339 e. The number of esters is 2. The molecule has 0 N–H and O–H groups in total. The third kappa shape index (κ3) is 8.84. The second-order valence-electron chi connectivity index (χ2n) is 8.26. The minimum atomic E-state index is -1.42. The SMILES string of the molecule is CCCCCCCCCCCCOC(=O)c1ccccc1C(=O)OCc1c(F)ccc(F)c1F. The van der Waals surface area contributed by atoms with Crippen molar-refractivity contribution in [3.05, 3.63) is 70.5 Å². The quantitative estimate of drug-likeness (QED) is 0.151. The summed E-state index contributed by atoms with van der Waals surface area (Å²) in [5.41, 5.74) is -0.790. The zero-order valence-corrected chi connectivity index (χ0v) is 19.7. The van der Waals surface area contributed by atoms with Gasteiger partial charge in [0.25, 0.3) is 0 Å². The van der Waals surface area contributed by atoms with Gasteiger partial charge in [0.1, 0.15) is 12.4 Å². The van der Waals surface area contributed by atoms with Crippen molar-refractivity contribution in [1.82, 2.24) is 0 Å². The first kappa shape index (κ1) is 27.4. The van der Waals surface area contributed by atoms with Crippen molar-refractivity contribution in [3.8, 4) is 0 Å². The van der Waals surface area contributed by atoms with Gasteiger partial charge in [-0.2, -0.15) is 0 Å². The summed E-state index contributed by atoms with van der Waals surface area (Å²) in [7, 11) is 0. The molecule has 0 aliphatic heterocycles. The van der Waals surface area contributed by atoms with Gasteiger partial charge >= 0.3 is 11.9 Å². The Hall–Kier alpha value is -2.83. The monoisotopic (exact) mass is 478 g/mol. The Bertz CT molecular complexity index is 930. The van der Waals surface area contributed by atoms with E-state index in [0.29, 0.717) is 6.07 Å². The molecule has 2 rings (SSSR count). The number of unbranched alkanes of at least 4 members (excludes halogenated alkanes) is 9. The molecule has 34 heavy (non-hydrogen) atoms. The largest absolute Gasteiger partial charge is 0.462 e. The van der Waals surface area contributed by atoms with Crippen molar-refractivity contribution < 1.29 is 32.2 Å². The highest BCUT2D eigenvalue weighted by Crippen LogP contribution is 2.19. The maximum atomic E-state index is 13.8. The highest BCUT2D eigenvalue weighted by atomic mass is 19.2. The molecule has 0 spiro atoms. The summed E-state index contributed by atoms with van der Waals surface area (Å²) in [5.74, 6) is -5.34. The number of hydrogen-bond donors (Lipinski definition) is 0. The van der Waals surface area contributed by atoms with Crippen LogP contribution in [0.4, 0.5) is 13.2 Å². The first-order valence-corrected chi connectivity index (χ1v) is 12.0. The molecule has 2 aromatic carbocycles. The van der Waals surface area contributed by atoms with Gasteiger partial charge in [-0.25, -0.2) is 22.8 Å². The predicted molar refractivity (Wildman–Crippen MR) is 124 cm³/mol. The molecule has 7 heteroatoms. The second kappa shape index (κ2) is 15.1.